The van der Waals surface area contributed by atoms with Crippen LogP contribution in [0.1, 0.15) is 25.7 Å². The van der Waals surface area contributed by atoms with E-state index in [-0.39, 0.29) is 5.54 Å². The van der Waals surface area contributed by atoms with Gasteiger partial charge in [0.05, 0.1) is 5.54 Å². The van der Waals surface area contributed by atoms with Gasteiger partial charge in [0, 0.05) is 28.2 Å². The molecule has 0 amide bonds. The topological polar surface area (TPSA) is 24.1 Å². The minimum Gasteiger partial charge on any atom is -0.379 e. The average Bonchev–Trinajstić information content (AvgIpc) is 3.32. The molecule has 0 aliphatic heterocycles. The third kappa shape index (κ3) is 2.78. The summed E-state index contributed by atoms with van der Waals surface area (Å²) in [4.78, 5) is 0. The van der Waals surface area contributed by atoms with E-state index < -0.39 is 0 Å². The first-order valence-corrected chi connectivity index (χ1v) is 10.8. The van der Waals surface area contributed by atoms with Gasteiger partial charge >= 0.3 is 0 Å². The highest BCUT2D eigenvalue weighted by Gasteiger charge is 2.52. The monoisotopic (exact) mass is 378 g/mol. The summed E-state index contributed by atoms with van der Waals surface area (Å²) in [6.07, 6.45) is 5.09. The van der Waals surface area contributed by atoms with E-state index in [4.69, 9.17) is 0 Å². The smallest absolute Gasteiger partial charge is 0.0577 e. The molecule has 2 bridgehead atoms. The first-order chi connectivity index (χ1) is 14.3. The van der Waals surface area contributed by atoms with Crippen molar-refractivity contribution in [3.63, 3.8) is 0 Å². The number of hydrogen-bond acceptors (Lipinski definition) is 2. The van der Waals surface area contributed by atoms with Crippen molar-refractivity contribution < 1.29 is 0 Å². The number of anilines is 2. The van der Waals surface area contributed by atoms with Gasteiger partial charge in [-0.3, -0.25) is 0 Å². The summed E-state index contributed by atoms with van der Waals surface area (Å²) in [5.74, 6) is 0.824. The molecule has 0 saturated heterocycles. The van der Waals surface area contributed by atoms with E-state index in [1.54, 1.807) is 0 Å². The van der Waals surface area contributed by atoms with Crippen LogP contribution < -0.4 is 10.6 Å². The zero-order valence-corrected chi connectivity index (χ0v) is 16.6. The van der Waals surface area contributed by atoms with Crippen molar-refractivity contribution in [1.29, 1.82) is 0 Å². The van der Waals surface area contributed by atoms with E-state index in [0.29, 0.717) is 6.04 Å². The summed E-state index contributed by atoms with van der Waals surface area (Å²) in [5.41, 5.74) is 2.67. The second-order valence-corrected chi connectivity index (χ2v) is 8.88. The van der Waals surface area contributed by atoms with E-state index in [0.717, 1.165) is 5.92 Å². The Balaban J connectivity index is 1.37. The second kappa shape index (κ2) is 6.52. The molecule has 2 saturated carbocycles. The fourth-order valence-electron chi connectivity index (χ4n) is 5.80. The van der Waals surface area contributed by atoms with E-state index in [1.165, 1.54) is 58.6 Å². The van der Waals surface area contributed by atoms with Crippen molar-refractivity contribution >= 4 is 32.9 Å². The zero-order valence-electron chi connectivity index (χ0n) is 16.6. The third-order valence-corrected chi connectivity index (χ3v) is 7.18. The van der Waals surface area contributed by atoms with E-state index in [1.807, 2.05) is 0 Å². The summed E-state index contributed by atoms with van der Waals surface area (Å²) >= 11 is 0. The molecule has 2 nitrogen and oxygen atoms in total. The summed E-state index contributed by atoms with van der Waals surface area (Å²) in [5, 5.41) is 13.3. The predicted octanol–water partition coefficient (Wildman–Crippen LogP) is 6.83. The van der Waals surface area contributed by atoms with Crippen LogP contribution in [0.15, 0.2) is 84.9 Å². The van der Waals surface area contributed by atoms with Crippen LogP contribution in [-0.4, -0.2) is 11.6 Å². The summed E-state index contributed by atoms with van der Waals surface area (Å²) in [6, 6.07) is 31.1. The Bertz CT molecular complexity index is 1190. The molecule has 2 fully saturated rings. The molecule has 4 aromatic rings. The highest BCUT2D eigenvalue weighted by atomic mass is 15.1. The lowest BCUT2D eigenvalue weighted by Gasteiger charge is -2.38. The van der Waals surface area contributed by atoms with Gasteiger partial charge in [-0.05, 0) is 54.5 Å². The van der Waals surface area contributed by atoms with E-state index >= 15 is 0 Å². The van der Waals surface area contributed by atoms with Gasteiger partial charge in [-0.25, -0.2) is 0 Å². The minimum absolute atomic E-state index is 0.131. The Morgan fingerprint density at radius 3 is 2.03 bits per heavy atom. The van der Waals surface area contributed by atoms with Crippen molar-refractivity contribution in [2.45, 2.75) is 37.3 Å². The predicted molar refractivity (Wildman–Crippen MR) is 124 cm³/mol. The summed E-state index contributed by atoms with van der Waals surface area (Å²) in [6.45, 7) is 0. The lowest BCUT2D eigenvalue weighted by atomic mass is 9.87. The molecular weight excluding hydrogens is 352 g/mol. The second-order valence-electron chi connectivity index (χ2n) is 8.88. The first-order valence-electron chi connectivity index (χ1n) is 10.8. The van der Waals surface area contributed by atoms with Crippen molar-refractivity contribution in [2.75, 3.05) is 10.6 Å². The fourth-order valence-corrected chi connectivity index (χ4v) is 5.80. The lowest BCUT2D eigenvalue weighted by Crippen LogP contribution is -2.48. The van der Waals surface area contributed by atoms with Crippen LogP contribution in [0.2, 0.25) is 0 Å². The molecule has 3 unspecified atom stereocenters. The first kappa shape index (κ1) is 16.9. The Morgan fingerprint density at radius 1 is 0.690 bits per heavy atom. The van der Waals surface area contributed by atoms with Crippen LogP contribution in [0.25, 0.3) is 21.5 Å². The van der Waals surface area contributed by atoms with Crippen molar-refractivity contribution in [3.8, 4) is 0 Å². The molecular formula is C27H26N2. The maximum atomic E-state index is 4.04. The highest BCUT2D eigenvalue weighted by Crippen LogP contribution is 2.51. The summed E-state index contributed by atoms with van der Waals surface area (Å²) in [7, 11) is 0. The van der Waals surface area contributed by atoms with Crippen molar-refractivity contribution in [3.05, 3.63) is 84.9 Å². The third-order valence-electron chi connectivity index (χ3n) is 7.18. The van der Waals surface area contributed by atoms with Crippen LogP contribution in [0.5, 0.6) is 0 Å². The zero-order chi connectivity index (χ0) is 19.3. The van der Waals surface area contributed by atoms with Crippen LogP contribution in [0.4, 0.5) is 11.4 Å². The normalized spacial score (nSPS) is 25.5. The van der Waals surface area contributed by atoms with Crippen LogP contribution in [-0.2, 0) is 0 Å². The molecule has 6 rings (SSSR count). The van der Waals surface area contributed by atoms with Crippen molar-refractivity contribution in [2.24, 2.45) is 5.92 Å². The van der Waals surface area contributed by atoms with Crippen molar-refractivity contribution in [1.82, 2.24) is 0 Å². The molecule has 2 heteroatoms. The lowest BCUT2D eigenvalue weighted by molar-refractivity contribution is 0.408. The molecule has 144 valence electrons. The standard InChI is InChI=1S/C27H26N2/c1-3-11-22-20(7-1)9-5-13-24(22)28-26-17-19-15-16-27(26,18-19)29-25-14-6-10-21-8-2-4-12-23(21)25/h1-14,19,26,28-29H,15-18H2. The van der Waals surface area contributed by atoms with Crippen LogP contribution in [0, 0.1) is 5.92 Å². The number of hydrogen-bond donors (Lipinski definition) is 2. The number of benzene rings is 4. The maximum absolute atomic E-state index is 4.04. The maximum Gasteiger partial charge on any atom is 0.0577 e. The highest BCUT2D eigenvalue weighted by molar-refractivity contribution is 5.95. The quantitative estimate of drug-likeness (QED) is 0.407. The fraction of sp³-hybridized carbons (Fsp3) is 0.259. The Labute approximate surface area is 171 Å². The SMILES string of the molecule is c1ccc2c(NC3CC4CCC3(Nc3cccc5ccccc35)C4)cccc2c1. The molecule has 2 N–H and O–H groups in total. The molecule has 29 heavy (non-hydrogen) atoms. The summed E-state index contributed by atoms with van der Waals surface area (Å²) < 4.78 is 0. The Morgan fingerprint density at radius 2 is 1.31 bits per heavy atom. The van der Waals surface area contributed by atoms with E-state index in [9.17, 15) is 0 Å². The van der Waals surface area contributed by atoms with Gasteiger partial charge in [0.25, 0.3) is 0 Å². The minimum atomic E-state index is 0.131. The number of fused-ring (bicyclic) bond motifs is 4. The van der Waals surface area contributed by atoms with Crippen LogP contribution in [0.3, 0.4) is 0 Å². The van der Waals surface area contributed by atoms with E-state index in [2.05, 4.69) is 95.6 Å². The number of rotatable bonds is 4. The van der Waals surface area contributed by atoms with Gasteiger partial charge in [-0.15, -0.1) is 0 Å². The van der Waals surface area contributed by atoms with Gasteiger partial charge in [-0.1, -0.05) is 72.8 Å². The molecule has 2 aliphatic rings. The molecule has 4 aromatic carbocycles. The largest absolute Gasteiger partial charge is 0.379 e. The molecule has 0 spiro atoms. The van der Waals surface area contributed by atoms with Gasteiger partial charge in [-0.2, -0.15) is 0 Å². The van der Waals surface area contributed by atoms with Gasteiger partial charge in [0.15, 0.2) is 0 Å². The molecule has 2 aliphatic carbocycles. The molecule has 0 heterocycles. The average molecular weight is 379 g/mol. The molecule has 0 radical (unpaired) electrons. The van der Waals surface area contributed by atoms with Crippen LogP contribution >= 0.6 is 0 Å². The van der Waals surface area contributed by atoms with Gasteiger partial charge in [0.1, 0.15) is 0 Å². The van der Waals surface area contributed by atoms with Gasteiger partial charge < -0.3 is 10.6 Å². The molecule has 3 atom stereocenters. The number of nitrogens with one attached hydrogen (secondary N) is 2. The van der Waals surface area contributed by atoms with Gasteiger partial charge in [0.2, 0.25) is 0 Å². The Kier molecular flexibility index (Phi) is 3.80. The molecule has 0 aromatic heterocycles. The Hall–Kier alpha value is -3.00.